The maximum atomic E-state index is 13.7. The molecule has 1 aromatic heterocycles. The lowest BCUT2D eigenvalue weighted by Crippen LogP contribution is -2.41. The molecule has 35 heavy (non-hydrogen) atoms. The molecule has 0 bridgehead atoms. The van der Waals surface area contributed by atoms with Crippen LogP contribution in [0, 0.1) is 11.6 Å². The van der Waals surface area contributed by atoms with Crippen LogP contribution in [-0.4, -0.2) is 26.7 Å². The molecule has 4 rings (SSSR count). The molecule has 0 aliphatic carbocycles. The molecule has 0 aliphatic heterocycles. The number of hydrogen-bond donors (Lipinski definition) is 1. The van der Waals surface area contributed by atoms with Gasteiger partial charge in [-0.15, -0.1) is 0 Å². The minimum atomic E-state index is -1.20. The lowest BCUT2D eigenvalue weighted by Gasteiger charge is -2.31. The number of aromatic nitrogens is 2. The zero-order chi connectivity index (χ0) is 24.8. The Labute approximate surface area is 205 Å². The van der Waals surface area contributed by atoms with E-state index in [4.69, 9.17) is 11.6 Å². The number of carbonyl (C=O) groups is 2. The van der Waals surface area contributed by atoms with Crippen LogP contribution in [0.3, 0.4) is 0 Å². The number of hydrogen-bond acceptors (Lipinski definition) is 4. The van der Waals surface area contributed by atoms with Crippen LogP contribution in [0.15, 0.2) is 91.4 Å². The Balaban J connectivity index is 1.79. The number of rotatable bonds is 7. The summed E-state index contributed by atoms with van der Waals surface area (Å²) >= 11 is 6.36. The summed E-state index contributed by atoms with van der Waals surface area (Å²) in [5, 5.41) is 3.11. The number of nitrogens with zero attached hydrogens (tertiary/aromatic N) is 3. The largest absolute Gasteiger partial charge is 0.324 e. The molecular formula is C26H19ClF2N4O2. The highest BCUT2D eigenvalue weighted by atomic mass is 35.5. The number of carbonyl (C=O) groups excluding carboxylic acids is 2. The van der Waals surface area contributed by atoms with E-state index in [-0.39, 0.29) is 12.2 Å². The second kappa shape index (κ2) is 10.8. The first-order valence-corrected chi connectivity index (χ1v) is 10.9. The standard InChI is InChI=1S/C26H19ClF2N4O2/c27-22-4-2-1-3-18(22)16-33(26(35)23-15-30-13-14-31-23)24(17-5-7-19(28)8-6-17)25(34)32-21-11-9-20(29)10-12-21/h1-15,24H,16H2,(H,32,34). The van der Waals surface area contributed by atoms with Gasteiger partial charge in [0.05, 0.1) is 6.20 Å². The third-order valence-electron chi connectivity index (χ3n) is 5.20. The molecular weight excluding hydrogens is 474 g/mol. The topological polar surface area (TPSA) is 75.2 Å². The van der Waals surface area contributed by atoms with Crippen molar-refractivity contribution in [1.82, 2.24) is 14.9 Å². The molecule has 2 amide bonds. The van der Waals surface area contributed by atoms with Crippen LogP contribution >= 0.6 is 11.6 Å². The lowest BCUT2D eigenvalue weighted by atomic mass is 10.0. The van der Waals surface area contributed by atoms with Crippen molar-refractivity contribution in [1.29, 1.82) is 0 Å². The van der Waals surface area contributed by atoms with Crippen molar-refractivity contribution in [3.05, 3.63) is 125 Å². The molecule has 176 valence electrons. The van der Waals surface area contributed by atoms with Crippen molar-refractivity contribution in [2.24, 2.45) is 0 Å². The molecule has 1 unspecified atom stereocenters. The predicted molar refractivity (Wildman–Crippen MR) is 128 cm³/mol. The third kappa shape index (κ3) is 5.85. The van der Waals surface area contributed by atoms with E-state index in [0.29, 0.717) is 21.8 Å². The smallest absolute Gasteiger partial charge is 0.275 e. The Morgan fingerprint density at radius 3 is 2.20 bits per heavy atom. The average Bonchev–Trinajstić information content (AvgIpc) is 2.87. The molecule has 0 saturated heterocycles. The minimum Gasteiger partial charge on any atom is -0.324 e. The van der Waals surface area contributed by atoms with E-state index < -0.39 is 29.5 Å². The number of amides is 2. The van der Waals surface area contributed by atoms with Gasteiger partial charge in [-0.1, -0.05) is 41.9 Å². The summed E-state index contributed by atoms with van der Waals surface area (Å²) in [6.07, 6.45) is 4.09. The van der Waals surface area contributed by atoms with Crippen LogP contribution in [0.4, 0.5) is 14.5 Å². The lowest BCUT2D eigenvalue weighted by molar-refractivity contribution is -0.121. The number of halogens is 3. The Hall–Kier alpha value is -4.17. The molecule has 4 aromatic rings. The van der Waals surface area contributed by atoms with Crippen LogP contribution in [-0.2, 0) is 11.3 Å². The molecule has 1 heterocycles. The summed E-state index contributed by atoms with van der Waals surface area (Å²) in [4.78, 5) is 36.5. The molecule has 1 N–H and O–H groups in total. The Kier molecular flexibility index (Phi) is 7.42. The molecule has 0 fully saturated rings. The van der Waals surface area contributed by atoms with Crippen LogP contribution in [0.1, 0.15) is 27.7 Å². The maximum absolute atomic E-state index is 13.7. The number of nitrogens with one attached hydrogen (secondary N) is 1. The minimum absolute atomic E-state index is 0.0150. The van der Waals surface area contributed by atoms with Crippen molar-refractivity contribution in [2.75, 3.05) is 5.32 Å². The maximum Gasteiger partial charge on any atom is 0.275 e. The number of anilines is 1. The summed E-state index contributed by atoms with van der Waals surface area (Å²) in [7, 11) is 0. The van der Waals surface area contributed by atoms with Gasteiger partial charge in [0, 0.05) is 29.6 Å². The van der Waals surface area contributed by atoms with Gasteiger partial charge in [0.1, 0.15) is 23.4 Å². The second-order valence-electron chi connectivity index (χ2n) is 7.57. The summed E-state index contributed by atoms with van der Waals surface area (Å²) in [5.41, 5.74) is 1.29. The van der Waals surface area contributed by atoms with Crippen LogP contribution in [0.5, 0.6) is 0 Å². The third-order valence-corrected chi connectivity index (χ3v) is 5.57. The first-order valence-electron chi connectivity index (χ1n) is 10.5. The van der Waals surface area contributed by atoms with E-state index in [9.17, 15) is 18.4 Å². The fourth-order valence-corrected chi connectivity index (χ4v) is 3.70. The summed E-state index contributed by atoms with van der Waals surface area (Å²) in [5.74, 6) is -2.13. The highest BCUT2D eigenvalue weighted by Gasteiger charge is 2.33. The zero-order valence-corrected chi connectivity index (χ0v) is 19.0. The van der Waals surface area contributed by atoms with Crippen LogP contribution in [0.25, 0.3) is 0 Å². The molecule has 1 atom stereocenters. The first kappa shape index (κ1) is 24.0. The van der Waals surface area contributed by atoms with Crippen LogP contribution in [0.2, 0.25) is 5.02 Å². The van der Waals surface area contributed by atoms with E-state index in [1.165, 1.54) is 72.0 Å². The van der Waals surface area contributed by atoms with Gasteiger partial charge in [0.15, 0.2) is 0 Å². The summed E-state index contributed by atoms with van der Waals surface area (Å²) < 4.78 is 27.1. The molecule has 6 nitrogen and oxygen atoms in total. The van der Waals surface area contributed by atoms with Gasteiger partial charge in [0.2, 0.25) is 0 Å². The average molecular weight is 493 g/mol. The van der Waals surface area contributed by atoms with Crippen molar-refractivity contribution in [3.63, 3.8) is 0 Å². The van der Waals surface area contributed by atoms with E-state index in [0.717, 1.165) is 0 Å². The molecule has 9 heteroatoms. The van der Waals surface area contributed by atoms with Crippen molar-refractivity contribution in [2.45, 2.75) is 12.6 Å². The molecule has 0 saturated carbocycles. The quantitative estimate of drug-likeness (QED) is 0.373. The van der Waals surface area contributed by atoms with Gasteiger partial charge in [-0.2, -0.15) is 0 Å². The van der Waals surface area contributed by atoms with Crippen LogP contribution < -0.4 is 5.32 Å². The van der Waals surface area contributed by atoms with Gasteiger partial charge in [-0.3, -0.25) is 14.6 Å². The van der Waals surface area contributed by atoms with Gasteiger partial charge in [-0.05, 0) is 53.6 Å². The fourth-order valence-electron chi connectivity index (χ4n) is 3.51. The summed E-state index contributed by atoms with van der Waals surface area (Å²) in [6, 6.07) is 16.2. The Morgan fingerprint density at radius 2 is 1.57 bits per heavy atom. The normalized spacial score (nSPS) is 11.5. The van der Waals surface area contributed by atoms with Gasteiger partial charge in [0.25, 0.3) is 11.8 Å². The van der Waals surface area contributed by atoms with Crippen molar-refractivity contribution >= 4 is 29.1 Å². The number of benzene rings is 3. The highest BCUT2D eigenvalue weighted by molar-refractivity contribution is 6.31. The highest BCUT2D eigenvalue weighted by Crippen LogP contribution is 2.29. The van der Waals surface area contributed by atoms with E-state index in [1.54, 1.807) is 24.3 Å². The molecule has 3 aromatic carbocycles. The van der Waals surface area contributed by atoms with Crippen molar-refractivity contribution < 1.29 is 18.4 Å². The second-order valence-corrected chi connectivity index (χ2v) is 7.97. The summed E-state index contributed by atoms with van der Waals surface area (Å²) in [6.45, 7) is -0.0477. The molecule has 0 aliphatic rings. The van der Waals surface area contributed by atoms with Crippen molar-refractivity contribution in [3.8, 4) is 0 Å². The van der Waals surface area contributed by atoms with E-state index >= 15 is 0 Å². The Morgan fingerprint density at radius 1 is 0.914 bits per heavy atom. The van der Waals surface area contributed by atoms with E-state index in [2.05, 4.69) is 15.3 Å². The zero-order valence-electron chi connectivity index (χ0n) is 18.2. The molecule has 0 radical (unpaired) electrons. The fraction of sp³-hybridized carbons (Fsp3) is 0.0769. The van der Waals surface area contributed by atoms with Gasteiger partial charge >= 0.3 is 0 Å². The Bertz CT molecular complexity index is 1320. The predicted octanol–water partition coefficient (Wildman–Crippen LogP) is 5.43. The SMILES string of the molecule is O=C(Nc1ccc(F)cc1)C(c1ccc(F)cc1)N(Cc1ccccc1Cl)C(=O)c1cnccn1. The van der Waals surface area contributed by atoms with Gasteiger partial charge < -0.3 is 10.2 Å². The van der Waals surface area contributed by atoms with E-state index in [1.807, 2.05) is 0 Å². The monoisotopic (exact) mass is 492 g/mol. The first-order chi connectivity index (χ1) is 16.9. The van der Waals surface area contributed by atoms with Gasteiger partial charge in [-0.25, -0.2) is 13.8 Å². The molecule has 0 spiro atoms.